The Morgan fingerprint density at radius 2 is 2.21 bits per heavy atom. The molecule has 1 aromatic heterocycles. The fourth-order valence-corrected chi connectivity index (χ4v) is 4.01. The van der Waals surface area contributed by atoms with E-state index in [-0.39, 0.29) is 0 Å². The summed E-state index contributed by atoms with van der Waals surface area (Å²) in [5, 5.41) is 4.70. The van der Waals surface area contributed by atoms with Gasteiger partial charge >= 0.3 is 0 Å². The zero-order valence-corrected chi connectivity index (χ0v) is 12.4. The molecule has 3 rings (SSSR count). The van der Waals surface area contributed by atoms with Gasteiger partial charge in [-0.3, -0.25) is 0 Å². The number of hydrogen-bond donors (Lipinski definition) is 1. The molecule has 0 saturated carbocycles. The molecule has 0 radical (unpaired) electrons. The van der Waals surface area contributed by atoms with Crippen molar-refractivity contribution in [2.45, 2.75) is 39.2 Å². The molecule has 100 valence electrons. The quantitative estimate of drug-likeness (QED) is 0.919. The molecule has 1 heterocycles. The Morgan fingerprint density at radius 3 is 3.05 bits per heavy atom. The van der Waals surface area contributed by atoms with E-state index in [0.717, 1.165) is 13.1 Å². The van der Waals surface area contributed by atoms with Gasteiger partial charge in [-0.25, -0.2) is 4.98 Å². The van der Waals surface area contributed by atoms with Gasteiger partial charge in [0.1, 0.15) is 5.01 Å². The van der Waals surface area contributed by atoms with Gasteiger partial charge in [0.15, 0.2) is 0 Å². The maximum absolute atomic E-state index is 4.82. The largest absolute Gasteiger partial charge is 0.312 e. The van der Waals surface area contributed by atoms with E-state index in [9.17, 15) is 0 Å². The summed E-state index contributed by atoms with van der Waals surface area (Å²) in [6, 6.07) is 8.82. The predicted octanol–water partition coefficient (Wildman–Crippen LogP) is 3.64. The summed E-state index contributed by atoms with van der Waals surface area (Å²) in [4.78, 5) is 6.21. The summed E-state index contributed by atoms with van der Waals surface area (Å²) < 4.78 is 0. The van der Waals surface area contributed by atoms with Gasteiger partial charge in [-0.15, -0.1) is 11.3 Å². The number of rotatable bonds is 4. The summed E-state index contributed by atoms with van der Waals surface area (Å²) in [6.07, 6.45) is 2.41. The van der Waals surface area contributed by atoms with E-state index in [2.05, 4.69) is 43.4 Å². The third-order valence-corrected chi connectivity index (χ3v) is 5.15. The minimum Gasteiger partial charge on any atom is -0.312 e. The van der Waals surface area contributed by atoms with Gasteiger partial charge in [0.25, 0.3) is 0 Å². The second-order valence-corrected chi connectivity index (χ2v) is 6.25. The van der Waals surface area contributed by atoms with Crippen molar-refractivity contribution in [2.75, 3.05) is 6.54 Å². The molecule has 0 fully saturated rings. The van der Waals surface area contributed by atoms with E-state index in [0.29, 0.717) is 5.92 Å². The summed E-state index contributed by atoms with van der Waals surface area (Å²) in [7, 11) is 0. The van der Waals surface area contributed by atoms with Gasteiger partial charge in [-0.2, -0.15) is 0 Å². The standard InChI is InChI=1S/C16H20N2S/c1-3-17-10-15-11(2)18-16(19-15)14-9-8-12-6-4-5-7-13(12)14/h4-7,14,17H,3,8-10H2,1-2H3. The number of benzene rings is 1. The van der Waals surface area contributed by atoms with Gasteiger partial charge in [-0.05, 0) is 37.4 Å². The Labute approximate surface area is 118 Å². The maximum Gasteiger partial charge on any atom is 0.101 e. The van der Waals surface area contributed by atoms with E-state index in [4.69, 9.17) is 4.98 Å². The molecule has 0 spiro atoms. The molecule has 1 aliphatic carbocycles. The summed E-state index contributed by atoms with van der Waals surface area (Å²) in [5.41, 5.74) is 4.20. The minimum absolute atomic E-state index is 0.523. The first-order valence-corrected chi connectivity index (χ1v) is 7.86. The number of hydrogen-bond acceptors (Lipinski definition) is 3. The zero-order chi connectivity index (χ0) is 13.2. The van der Waals surface area contributed by atoms with E-state index in [1.807, 2.05) is 11.3 Å². The number of thiazole rings is 1. The average molecular weight is 272 g/mol. The fourth-order valence-electron chi connectivity index (χ4n) is 2.82. The highest BCUT2D eigenvalue weighted by atomic mass is 32.1. The lowest BCUT2D eigenvalue weighted by Gasteiger charge is -2.07. The van der Waals surface area contributed by atoms with Crippen molar-refractivity contribution in [2.24, 2.45) is 0 Å². The van der Waals surface area contributed by atoms with Crippen LogP contribution in [0.4, 0.5) is 0 Å². The highest BCUT2D eigenvalue weighted by molar-refractivity contribution is 7.11. The van der Waals surface area contributed by atoms with E-state index in [1.165, 1.54) is 39.5 Å². The minimum atomic E-state index is 0.523. The summed E-state index contributed by atoms with van der Waals surface area (Å²) in [6.45, 7) is 6.24. The third-order valence-electron chi connectivity index (χ3n) is 3.88. The molecule has 19 heavy (non-hydrogen) atoms. The number of aromatic nitrogens is 1. The first-order valence-electron chi connectivity index (χ1n) is 7.04. The molecule has 0 bridgehead atoms. The van der Waals surface area contributed by atoms with Crippen LogP contribution in [0, 0.1) is 6.92 Å². The van der Waals surface area contributed by atoms with Crippen molar-refractivity contribution < 1.29 is 0 Å². The van der Waals surface area contributed by atoms with Gasteiger partial charge in [0.05, 0.1) is 5.69 Å². The second-order valence-electron chi connectivity index (χ2n) is 5.13. The van der Waals surface area contributed by atoms with Crippen molar-refractivity contribution in [3.63, 3.8) is 0 Å². The molecule has 0 amide bonds. The van der Waals surface area contributed by atoms with Crippen LogP contribution in [0.1, 0.15) is 46.0 Å². The molecule has 2 nitrogen and oxygen atoms in total. The molecule has 1 unspecified atom stereocenters. The van der Waals surface area contributed by atoms with Gasteiger partial charge in [-0.1, -0.05) is 31.2 Å². The zero-order valence-electron chi connectivity index (χ0n) is 11.6. The topological polar surface area (TPSA) is 24.9 Å². The molecule has 1 N–H and O–H groups in total. The fraction of sp³-hybridized carbons (Fsp3) is 0.438. The first kappa shape index (κ1) is 12.8. The lowest BCUT2D eigenvalue weighted by Crippen LogP contribution is -2.11. The van der Waals surface area contributed by atoms with E-state index < -0.39 is 0 Å². The van der Waals surface area contributed by atoms with Crippen LogP contribution in [0.15, 0.2) is 24.3 Å². The molecule has 0 saturated heterocycles. The normalized spacial score (nSPS) is 17.7. The lowest BCUT2D eigenvalue weighted by atomic mass is 10.0. The maximum atomic E-state index is 4.82. The van der Waals surface area contributed by atoms with Crippen molar-refractivity contribution in [1.29, 1.82) is 0 Å². The molecule has 3 heteroatoms. The Bertz CT molecular complexity index is 574. The highest BCUT2D eigenvalue weighted by Crippen LogP contribution is 2.40. The summed E-state index contributed by atoms with van der Waals surface area (Å²) in [5.74, 6) is 0.523. The van der Waals surface area contributed by atoms with E-state index in [1.54, 1.807) is 0 Å². The molecule has 0 aliphatic heterocycles. The smallest absolute Gasteiger partial charge is 0.101 e. The van der Waals surface area contributed by atoms with Crippen LogP contribution in [-0.2, 0) is 13.0 Å². The number of nitrogens with one attached hydrogen (secondary N) is 1. The highest BCUT2D eigenvalue weighted by Gasteiger charge is 2.26. The van der Waals surface area contributed by atoms with Crippen LogP contribution >= 0.6 is 11.3 Å². The number of aryl methyl sites for hydroxylation is 2. The monoisotopic (exact) mass is 272 g/mol. The van der Waals surface area contributed by atoms with Gasteiger partial charge < -0.3 is 5.32 Å². The van der Waals surface area contributed by atoms with Crippen LogP contribution in [-0.4, -0.2) is 11.5 Å². The van der Waals surface area contributed by atoms with Crippen molar-refractivity contribution in [3.8, 4) is 0 Å². The Morgan fingerprint density at radius 1 is 1.37 bits per heavy atom. The third kappa shape index (κ3) is 2.45. The van der Waals surface area contributed by atoms with Crippen LogP contribution in [0.25, 0.3) is 0 Å². The van der Waals surface area contributed by atoms with Crippen LogP contribution in [0.3, 0.4) is 0 Å². The molecular weight excluding hydrogens is 252 g/mol. The van der Waals surface area contributed by atoms with Crippen molar-refractivity contribution in [1.82, 2.24) is 10.3 Å². The second kappa shape index (κ2) is 5.43. The van der Waals surface area contributed by atoms with Crippen molar-refractivity contribution in [3.05, 3.63) is 51.0 Å². The van der Waals surface area contributed by atoms with Crippen LogP contribution in [0.2, 0.25) is 0 Å². The van der Waals surface area contributed by atoms with Crippen molar-refractivity contribution >= 4 is 11.3 Å². The van der Waals surface area contributed by atoms with E-state index >= 15 is 0 Å². The molecule has 1 atom stereocenters. The first-order chi connectivity index (χ1) is 9.29. The molecular formula is C16H20N2S. The average Bonchev–Trinajstić information content (AvgIpc) is 3.00. The van der Waals surface area contributed by atoms with Gasteiger partial charge in [0, 0.05) is 17.3 Å². The van der Waals surface area contributed by atoms with Crippen LogP contribution in [0.5, 0.6) is 0 Å². The Hall–Kier alpha value is -1.19. The summed E-state index contributed by atoms with van der Waals surface area (Å²) >= 11 is 1.89. The SMILES string of the molecule is CCNCc1sc(C2CCc3ccccc32)nc1C. The molecule has 1 aromatic carbocycles. The Kier molecular flexibility index (Phi) is 3.67. The van der Waals surface area contributed by atoms with Gasteiger partial charge in [0.2, 0.25) is 0 Å². The predicted molar refractivity (Wildman–Crippen MR) is 80.8 cm³/mol. The molecule has 2 aromatic rings. The Balaban J connectivity index is 1.88. The van der Waals surface area contributed by atoms with Crippen LogP contribution < -0.4 is 5.32 Å². The lowest BCUT2D eigenvalue weighted by molar-refractivity contribution is 0.730. The number of fused-ring (bicyclic) bond motifs is 1. The number of nitrogens with zero attached hydrogens (tertiary/aromatic N) is 1. The molecule has 1 aliphatic rings.